The molecule has 0 fully saturated rings. The Morgan fingerprint density at radius 2 is 1.97 bits per heavy atom. The molecule has 1 atom stereocenters. The number of amides is 1. The highest BCUT2D eigenvalue weighted by Crippen LogP contribution is 2.33. The third kappa shape index (κ3) is 3.71. The number of anilines is 1. The monoisotopic (exact) mass is 426 g/mol. The van der Waals surface area contributed by atoms with E-state index in [-0.39, 0.29) is 29.9 Å². The van der Waals surface area contributed by atoms with Gasteiger partial charge in [-0.15, -0.1) is 0 Å². The fraction of sp³-hybridized carbons (Fsp3) is 0.208. The molecule has 0 saturated carbocycles. The van der Waals surface area contributed by atoms with Crippen LogP contribution in [0.25, 0.3) is 6.08 Å². The highest BCUT2D eigenvalue weighted by molar-refractivity contribution is 6.17. The standard InChI is InChI=1S/C24H22N6O2/c1-15-13-27-23(26-11-9-17-7-4-5-10-25-17)24(32)30(15)14-20(31)29-22-19-12-16-6-2-3-8-18(16)21(22)28-19/h2-8,10,12-13,22H,9,11,14H2,1H3,(H,26,27)(H,29,31). The van der Waals surface area contributed by atoms with Gasteiger partial charge in [0.1, 0.15) is 12.6 Å². The highest BCUT2D eigenvalue weighted by Gasteiger charge is 2.36. The van der Waals surface area contributed by atoms with E-state index in [9.17, 15) is 9.59 Å². The number of pyridine rings is 1. The van der Waals surface area contributed by atoms with E-state index in [1.807, 2.05) is 48.5 Å². The predicted octanol–water partition coefficient (Wildman–Crippen LogP) is 1.94. The van der Waals surface area contributed by atoms with Gasteiger partial charge in [-0.05, 0) is 30.7 Å². The number of aryl methyl sites for hydroxylation is 1. The molecule has 0 spiro atoms. The van der Waals surface area contributed by atoms with Crippen molar-refractivity contribution in [3.05, 3.63) is 93.4 Å². The van der Waals surface area contributed by atoms with E-state index < -0.39 is 0 Å². The van der Waals surface area contributed by atoms with Gasteiger partial charge in [-0.1, -0.05) is 30.3 Å². The third-order valence-corrected chi connectivity index (χ3v) is 5.62. The zero-order valence-electron chi connectivity index (χ0n) is 17.6. The molecule has 8 heteroatoms. The van der Waals surface area contributed by atoms with Crippen molar-refractivity contribution < 1.29 is 4.79 Å². The van der Waals surface area contributed by atoms with Crippen molar-refractivity contribution in [3.63, 3.8) is 0 Å². The van der Waals surface area contributed by atoms with Gasteiger partial charge in [0, 0.05) is 42.3 Å². The van der Waals surface area contributed by atoms with Crippen LogP contribution in [0.4, 0.5) is 5.82 Å². The number of carbonyl (C=O) groups excluding carboxylic acids is 1. The number of carbonyl (C=O) groups is 1. The molecule has 32 heavy (non-hydrogen) atoms. The van der Waals surface area contributed by atoms with Crippen molar-refractivity contribution in [3.8, 4) is 0 Å². The molecule has 8 nitrogen and oxygen atoms in total. The maximum Gasteiger partial charge on any atom is 0.293 e. The van der Waals surface area contributed by atoms with E-state index in [0.29, 0.717) is 18.7 Å². The molecule has 2 bridgehead atoms. The number of nitrogens with one attached hydrogen (secondary N) is 2. The van der Waals surface area contributed by atoms with E-state index in [1.165, 1.54) is 4.57 Å². The molecule has 2 N–H and O–H groups in total. The Labute approximate surface area is 184 Å². The van der Waals surface area contributed by atoms with Crippen LogP contribution in [0.15, 0.2) is 70.3 Å². The highest BCUT2D eigenvalue weighted by atomic mass is 16.2. The van der Waals surface area contributed by atoms with E-state index in [2.05, 4.69) is 25.6 Å². The summed E-state index contributed by atoms with van der Waals surface area (Å²) in [6.07, 6.45) is 5.98. The Bertz CT molecular complexity index is 1310. The van der Waals surface area contributed by atoms with Crippen molar-refractivity contribution in [2.75, 3.05) is 11.9 Å². The van der Waals surface area contributed by atoms with Gasteiger partial charge in [0.25, 0.3) is 5.56 Å². The first-order valence-corrected chi connectivity index (χ1v) is 10.5. The lowest BCUT2D eigenvalue weighted by Gasteiger charge is -2.34. The summed E-state index contributed by atoms with van der Waals surface area (Å²) in [6.45, 7) is 2.20. The zero-order chi connectivity index (χ0) is 22.1. The normalized spacial score (nSPS) is 15.7. The molecule has 2 aromatic heterocycles. The topological polar surface area (TPSA) is 101 Å². The Hall–Kier alpha value is -4.07. The predicted molar refractivity (Wildman–Crippen MR) is 123 cm³/mol. The van der Waals surface area contributed by atoms with Crippen LogP contribution in [0.3, 0.4) is 0 Å². The van der Waals surface area contributed by atoms with Gasteiger partial charge in [0.2, 0.25) is 5.91 Å². The lowest BCUT2D eigenvalue weighted by Crippen LogP contribution is -2.50. The smallest absolute Gasteiger partial charge is 0.293 e. The molecule has 3 aromatic rings. The maximum atomic E-state index is 12.9. The maximum absolute atomic E-state index is 12.9. The second-order valence-corrected chi connectivity index (χ2v) is 7.79. The Balaban J connectivity index is 1.25. The largest absolute Gasteiger partial charge is 0.365 e. The molecular formula is C24H22N6O2. The quantitative estimate of drug-likeness (QED) is 0.601. The molecule has 1 aliphatic carbocycles. The zero-order valence-corrected chi connectivity index (χ0v) is 17.6. The molecule has 1 aliphatic heterocycles. The van der Waals surface area contributed by atoms with Crippen LogP contribution in [0, 0.1) is 6.92 Å². The minimum Gasteiger partial charge on any atom is -0.365 e. The number of aliphatic imine (C=N–C) groups is 1. The van der Waals surface area contributed by atoms with Gasteiger partial charge < -0.3 is 10.6 Å². The molecule has 1 unspecified atom stereocenters. The molecule has 1 aromatic carbocycles. The van der Waals surface area contributed by atoms with E-state index in [1.54, 1.807) is 19.3 Å². The summed E-state index contributed by atoms with van der Waals surface area (Å²) < 4.78 is 1.43. The molecule has 0 radical (unpaired) electrons. The number of hydrogen-bond donors (Lipinski definition) is 2. The SMILES string of the molecule is Cc1cnc(NCCc2ccccn2)c(=O)n1CC(=O)NC1C2=Cc3ccccc3C1=N2. The third-order valence-electron chi connectivity index (χ3n) is 5.62. The minimum absolute atomic E-state index is 0.0825. The Morgan fingerprint density at radius 1 is 1.12 bits per heavy atom. The fourth-order valence-corrected chi connectivity index (χ4v) is 3.93. The Morgan fingerprint density at radius 3 is 2.81 bits per heavy atom. The minimum atomic E-state index is -0.322. The first-order chi connectivity index (χ1) is 15.6. The first-order valence-electron chi connectivity index (χ1n) is 10.5. The van der Waals surface area contributed by atoms with E-state index in [4.69, 9.17) is 0 Å². The summed E-state index contributed by atoms with van der Waals surface area (Å²) in [7, 11) is 0. The number of fused-ring (bicyclic) bond motifs is 4. The molecule has 2 aliphatic rings. The van der Waals surface area contributed by atoms with Crippen molar-refractivity contribution in [1.82, 2.24) is 19.9 Å². The molecule has 5 rings (SSSR count). The van der Waals surface area contributed by atoms with Crippen molar-refractivity contribution in [1.29, 1.82) is 0 Å². The van der Waals surface area contributed by atoms with Crippen molar-refractivity contribution >= 4 is 23.5 Å². The van der Waals surface area contributed by atoms with Crippen molar-refractivity contribution in [2.45, 2.75) is 25.9 Å². The molecule has 0 saturated heterocycles. The van der Waals surface area contributed by atoms with Gasteiger partial charge in [-0.2, -0.15) is 0 Å². The van der Waals surface area contributed by atoms with Crippen LogP contribution < -0.4 is 16.2 Å². The van der Waals surface area contributed by atoms with Crippen molar-refractivity contribution in [2.24, 2.45) is 4.99 Å². The van der Waals surface area contributed by atoms with Gasteiger partial charge in [0.05, 0.1) is 11.4 Å². The summed E-state index contributed by atoms with van der Waals surface area (Å²) in [4.78, 5) is 38.6. The van der Waals surface area contributed by atoms with Crippen LogP contribution >= 0.6 is 0 Å². The Kier molecular flexibility index (Phi) is 5.10. The summed E-state index contributed by atoms with van der Waals surface area (Å²) in [5.74, 6) is -0.0237. The number of rotatable bonds is 7. The molecule has 3 heterocycles. The van der Waals surface area contributed by atoms with Crippen LogP contribution in [-0.4, -0.2) is 38.7 Å². The number of nitrogens with zero attached hydrogens (tertiary/aromatic N) is 4. The lowest BCUT2D eigenvalue weighted by atomic mass is 9.85. The van der Waals surface area contributed by atoms with Crippen LogP contribution in [0.5, 0.6) is 0 Å². The summed E-state index contributed by atoms with van der Waals surface area (Å²) in [5.41, 5.74) is 5.07. The van der Waals surface area contributed by atoms with Gasteiger partial charge >= 0.3 is 0 Å². The lowest BCUT2D eigenvalue weighted by molar-refractivity contribution is -0.121. The summed E-state index contributed by atoms with van der Waals surface area (Å²) in [6, 6.07) is 13.5. The van der Waals surface area contributed by atoms with Gasteiger partial charge in [-0.3, -0.25) is 24.1 Å². The van der Waals surface area contributed by atoms with E-state index >= 15 is 0 Å². The molecule has 1 amide bonds. The average Bonchev–Trinajstić information content (AvgIpc) is 2.82. The van der Waals surface area contributed by atoms with Crippen LogP contribution in [0.1, 0.15) is 22.5 Å². The first kappa shape index (κ1) is 19.9. The molecule has 160 valence electrons. The second-order valence-electron chi connectivity index (χ2n) is 7.79. The van der Waals surface area contributed by atoms with E-state index in [0.717, 1.165) is 28.2 Å². The average molecular weight is 426 g/mol. The fourth-order valence-electron chi connectivity index (χ4n) is 3.93. The number of hydrogen-bond acceptors (Lipinski definition) is 6. The van der Waals surface area contributed by atoms with Gasteiger partial charge in [-0.25, -0.2) is 4.98 Å². The number of aromatic nitrogens is 3. The van der Waals surface area contributed by atoms with Gasteiger partial charge in [0.15, 0.2) is 5.82 Å². The van der Waals surface area contributed by atoms with Crippen LogP contribution in [-0.2, 0) is 17.8 Å². The summed E-state index contributed by atoms with van der Waals surface area (Å²) in [5, 5.41) is 6.06. The number of benzene rings is 1. The second kappa shape index (κ2) is 8.22. The summed E-state index contributed by atoms with van der Waals surface area (Å²) >= 11 is 0. The molecular weight excluding hydrogens is 404 g/mol. The van der Waals surface area contributed by atoms with Crippen LogP contribution in [0.2, 0.25) is 0 Å².